The summed E-state index contributed by atoms with van der Waals surface area (Å²) in [6, 6.07) is 0. The minimum atomic E-state index is -0.621. The van der Waals surface area contributed by atoms with Crippen LogP contribution in [0.15, 0.2) is 0 Å². The SMILES string of the molecule is CC(CNC[C@H](O)CO)CN1CCCC1. The van der Waals surface area contributed by atoms with Gasteiger partial charge in [-0.1, -0.05) is 6.92 Å². The molecule has 1 rings (SSSR count). The van der Waals surface area contributed by atoms with Gasteiger partial charge in [-0.25, -0.2) is 0 Å². The molecule has 0 radical (unpaired) electrons. The Labute approximate surface area is 92.3 Å². The Balaban J connectivity index is 2.00. The van der Waals surface area contributed by atoms with E-state index in [1.54, 1.807) is 0 Å². The summed E-state index contributed by atoms with van der Waals surface area (Å²) in [6.07, 6.45) is 2.05. The maximum Gasteiger partial charge on any atom is 0.0894 e. The Morgan fingerprint density at radius 2 is 1.93 bits per heavy atom. The fraction of sp³-hybridized carbons (Fsp3) is 1.00. The van der Waals surface area contributed by atoms with Gasteiger partial charge < -0.3 is 20.4 Å². The third-order valence-corrected chi connectivity index (χ3v) is 2.85. The van der Waals surface area contributed by atoms with Crippen molar-refractivity contribution in [1.29, 1.82) is 0 Å². The van der Waals surface area contributed by atoms with Gasteiger partial charge in [0, 0.05) is 13.1 Å². The summed E-state index contributed by atoms with van der Waals surface area (Å²) in [5.74, 6) is 0.606. The lowest BCUT2D eigenvalue weighted by atomic mass is 10.1. The van der Waals surface area contributed by atoms with Crippen LogP contribution in [0.1, 0.15) is 19.8 Å². The largest absolute Gasteiger partial charge is 0.394 e. The van der Waals surface area contributed by atoms with E-state index in [0.29, 0.717) is 12.5 Å². The summed E-state index contributed by atoms with van der Waals surface area (Å²) in [7, 11) is 0. The van der Waals surface area contributed by atoms with Crippen LogP contribution < -0.4 is 5.32 Å². The van der Waals surface area contributed by atoms with Crippen LogP contribution in [0.4, 0.5) is 0 Å². The topological polar surface area (TPSA) is 55.7 Å². The van der Waals surface area contributed by atoms with Gasteiger partial charge in [0.25, 0.3) is 0 Å². The summed E-state index contributed by atoms with van der Waals surface area (Å²) in [5, 5.41) is 20.9. The molecule has 4 nitrogen and oxygen atoms in total. The zero-order valence-electron chi connectivity index (χ0n) is 9.65. The molecule has 0 bridgehead atoms. The molecule has 1 heterocycles. The molecule has 15 heavy (non-hydrogen) atoms. The second-order valence-electron chi connectivity index (χ2n) is 4.61. The quantitative estimate of drug-likeness (QED) is 0.545. The average molecular weight is 216 g/mol. The highest BCUT2D eigenvalue weighted by atomic mass is 16.3. The minimum Gasteiger partial charge on any atom is -0.394 e. The monoisotopic (exact) mass is 216 g/mol. The fourth-order valence-corrected chi connectivity index (χ4v) is 2.03. The number of likely N-dealkylation sites (tertiary alicyclic amines) is 1. The standard InChI is InChI=1S/C11H24N2O2/c1-10(6-12-7-11(15)9-14)8-13-4-2-3-5-13/h10-12,14-15H,2-9H2,1H3/t10?,11-/m0/s1. The predicted octanol–water partition coefficient (Wildman–Crippen LogP) is -0.339. The molecule has 0 aromatic heterocycles. The van der Waals surface area contributed by atoms with Crippen LogP contribution >= 0.6 is 0 Å². The zero-order chi connectivity index (χ0) is 11.1. The van der Waals surface area contributed by atoms with Crippen LogP contribution in [0.25, 0.3) is 0 Å². The molecule has 0 saturated carbocycles. The maximum atomic E-state index is 9.13. The molecule has 4 heteroatoms. The van der Waals surface area contributed by atoms with Crippen LogP contribution in [0, 0.1) is 5.92 Å². The first-order chi connectivity index (χ1) is 7.22. The van der Waals surface area contributed by atoms with E-state index >= 15 is 0 Å². The van der Waals surface area contributed by atoms with E-state index in [1.165, 1.54) is 25.9 Å². The lowest BCUT2D eigenvalue weighted by Crippen LogP contribution is -2.36. The smallest absolute Gasteiger partial charge is 0.0894 e. The number of aliphatic hydroxyl groups is 2. The summed E-state index contributed by atoms with van der Waals surface area (Å²) < 4.78 is 0. The van der Waals surface area contributed by atoms with Gasteiger partial charge in [0.05, 0.1) is 12.7 Å². The Morgan fingerprint density at radius 3 is 2.53 bits per heavy atom. The van der Waals surface area contributed by atoms with Gasteiger partial charge in [-0.3, -0.25) is 0 Å². The van der Waals surface area contributed by atoms with Gasteiger partial charge in [0.1, 0.15) is 0 Å². The molecule has 0 aromatic rings. The number of hydrogen-bond donors (Lipinski definition) is 3. The molecular formula is C11H24N2O2. The zero-order valence-corrected chi connectivity index (χ0v) is 9.65. The average Bonchev–Trinajstić information content (AvgIpc) is 2.70. The van der Waals surface area contributed by atoms with Crippen molar-refractivity contribution in [1.82, 2.24) is 10.2 Å². The molecule has 1 saturated heterocycles. The number of nitrogens with one attached hydrogen (secondary N) is 1. The van der Waals surface area contributed by atoms with Gasteiger partial charge in [-0.15, -0.1) is 0 Å². The summed E-state index contributed by atoms with van der Waals surface area (Å²) >= 11 is 0. The maximum absolute atomic E-state index is 9.13. The van der Waals surface area contributed by atoms with Crippen molar-refractivity contribution in [2.45, 2.75) is 25.9 Å². The van der Waals surface area contributed by atoms with Crippen molar-refractivity contribution in [3.63, 3.8) is 0 Å². The van der Waals surface area contributed by atoms with E-state index in [-0.39, 0.29) is 6.61 Å². The number of aliphatic hydroxyl groups excluding tert-OH is 2. The lowest BCUT2D eigenvalue weighted by Gasteiger charge is -2.20. The van der Waals surface area contributed by atoms with Gasteiger partial charge >= 0.3 is 0 Å². The van der Waals surface area contributed by atoms with Gasteiger partial charge in [0.2, 0.25) is 0 Å². The third kappa shape index (κ3) is 5.47. The van der Waals surface area contributed by atoms with Crippen LogP contribution in [0.2, 0.25) is 0 Å². The Morgan fingerprint density at radius 1 is 1.27 bits per heavy atom. The molecule has 0 amide bonds. The second kappa shape index (κ2) is 7.17. The van der Waals surface area contributed by atoms with E-state index in [1.807, 2.05) is 0 Å². The highest BCUT2D eigenvalue weighted by Crippen LogP contribution is 2.09. The molecule has 1 unspecified atom stereocenters. The fourth-order valence-electron chi connectivity index (χ4n) is 2.03. The molecule has 90 valence electrons. The third-order valence-electron chi connectivity index (χ3n) is 2.85. The summed E-state index contributed by atoms with van der Waals surface area (Å²) in [4.78, 5) is 2.49. The molecule has 0 aliphatic carbocycles. The molecule has 2 atom stereocenters. The van der Waals surface area contributed by atoms with E-state index in [0.717, 1.165) is 13.1 Å². The van der Waals surface area contributed by atoms with Gasteiger partial charge in [-0.05, 0) is 38.4 Å². The Hall–Kier alpha value is -0.160. The summed E-state index contributed by atoms with van der Waals surface area (Å²) in [6.45, 7) is 7.08. The van der Waals surface area contributed by atoms with Crippen molar-refractivity contribution in [2.75, 3.05) is 39.3 Å². The second-order valence-corrected chi connectivity index (χ2v) is 4.61. The first-order valence-corrected chi connectivity index (χ1v) is 5.94. The van der Waals surface area contributed by atoms with Crippen LogP contribution in [0.3, 0.4) is 0 Å². The van der Waals surface area contributed by atoms with Gasteiger partial charge in [0.15, 0.2) is 0 Å². The first kappa shape index (κ1) is 12.9. The van der Waals surface area contributed by atoms with E-state index in [4.69, 9.17) is 10.2 Å². The van der Waals surface area contributed by atoms with Crippen molar-refractivity contribution >= 4 is 0 Å². The van der Waals surface area contributed by atoms with Crippen LogP contribution in [-0.4, -0.2) is 60.5 Å². The molecule has 1 fully saturated rings. The molecule has 0 spiro atoms. The van der Waals surface area contributed by atoms with Crippen molar-refractivity contribution in [2.24, 2.45) is 5.92 Å². The van der Waals surface area contributed by atoms with E-state index < -0.39 is 6.10 Å². The van der Waals surface area contributed by atoms with Gasteiger partial charge in [-0.2, -0.15) is 0 Å². The molecular weight excluding hydrogens is 192 g/mol. The highest BCUT2D eigenvalue weighted by molar-refractivity contribution is 4.70. The predicted molar refractivity (Wildman–Crippen MR) is 60.8 cm³/mol. The van der Waals surface area contributed by atoms with Crippen molar-refractivity contribution in [3.8, 4) is 0 Å². The lowest BCUT2D eigenvalue weighted by molar-refractivity contribution is 0.0933. The Kier molecular flexibility index (Phi) is 6.17. The molecule has 1 aliphatic rings. The molecule has 1 aliphatic heterocycles. The van der Waals surface area contributed by atoms with Crippen LogP contribution in [0.5, 0.6) is 0 Å². The molecule has 3 N–H and O–H groups in total. The molecule has 0 aromatic carbocycles. The van der Waals surface area contributed by atoms with Crippen LogP contribution in [-0.2, 0) is 0 Å². The highest BCUT2D eigenvalue weighted by Gasteiger charge is 2.14. The normalized spacial score (nSPS) is 21.8. The van der Waals surface area contributed by atoms with E-state index in [9.17, 15) is 0 Å². The Bertz CT molecular complexity index is 161. The number of rotatable bonds is 7. The summed E-state index contributed by atoms with van der Waals surface area (Å²) in [5.41, 5.74) is 0. The first-order valence-electron chi connectivity index (χ1n) is 5.94. The number of nitrogens with zero attached hydrogens (tertiary/aromatic N) is 1. The minimum absolute atomic E-state index is 0.159. The van der Waals surface area contributed by atoms with Crippen molar-refractivity contribution < 1.29 is 10.2 Å². The van der Waals surface area contributed by atoms with E-state index in [2.05, 4.69) is 17.1 Å². The van der Waals surface area contributed by atoms with Crippen molar-refractivity contribution in [3.05, 3.63) is 0 Å². The number of hydrogen-bond acceptors (Lipinski definition) is 4.